The Morgan fingerprint density at radius 2 is 1.41 bits per heavy atom. The molecule has 0 rings (SSSR count). The summed E-state index contributed by atoms with van der Waals surface area (Å²) in [6, 6.07) is 0. The predicted octanol–water partition coefficient (Wildman–Crippen LogP) is 3.42. The lowest BCUT2D eigenvalue weighted by atomic mass is 9.81. The second-order valence-corrected chi connectivity index (χ2v) is 5.78. The van der Waals surface area contributed by atoms with Crippen molar-refractivity contribution in [3.63, 3.8) is 0 Å². The van der Waals surface area contributed by atoms with E-state index in [9.17, 15) is 9.59 Å². The second-order valence-electron chi connectivity index (χ2n) is 5.78. The van der Waals surface area contributed by atoms with Crippen molar-refractivity contribution in [2.24, 2.45) is 5.41 Å². The minimum absolute atomic E-state index is 0.174. The standard InChI is InChI=1S/C18H26O4/c1-7-15(4)9-11-18(10-8-14(2)3,12-21-16(5)19)13-22-17(6)20/h1,8-9H,10-13H2,2-6H3/b15-9+. The van der Waals surface area contributed by atoms with Crippen LogP contribution in [0.4, 0.5) is 0 Å². The summed E-state index contributed by atoms with van der Waals surface area (Å²) in [4.78, 5) is 22.3. The van der Waals surface area contributed by atoms with Crippen LogP contribution in [0.5, 0.6) is 0 Å². The van der Waals surface area contributed by atoms with Gasteiger partial charge in [-0.05, 0) is 39.2 Å². The molecule has 0 heterocycles. The molecule has 0 atom stereocenters. The largest absolute Gasteiger partial charge is 0.465 e. The average Bonchev–Trinajstić information content (AvgIpc) is 2.45. The van der Waals surface area contributed by atoms with Crippen LogP contribution in [0, 0.1) is 17.8 Å². The van der Waals surface area contributed by atoms with Gasteiger partial charge in [-0.25, -0.2) is 0 Å². The third kappa shape index (κ3) is 9.02. The lowest BCUT2D eigenvalue weighted by Crippen LogP contribution is -2.33. The molecule has 0 aromatic rings. The van der Waals surface area contributed by atoms with Gasteiger partial charge in [0.2, 0.25) is 0 Å². The average molecular weight is 306 g/mol. The monoisotopic (exact) mass is 306 g/mol. The highest BCUT2D eigenvalue weighted by molar-refractivity contribution is 5.66. The van der Waals surface area contributed by atoms with Crippen molar-refractivity contribution in [3.8, 4) is 12.3 Å². The zero-order valence-corrected chi connectivity index (χ0v) is 14.2. The molecule has 0 bridgehead atoms. The van der Waals surface area contributed by atoms with Crippen LogP contribution in [-0.4, -0.2) is 25.2 Å². The maximum atomic E-state index is 11.2. The molecule has 0 saturated carbocycles. The van der Waals surface area contributed by atoms with E-state index in [1.807, 2.05) is 32.9 Å². The van der Waals surface area contributed by atoms with Crippen molar-refractivity contribution >= 4 is 11.9 Å². The Hall–Kier alpha value is -2.02. The van der Waals surface area contributed by atoms with Gasteiger partial charge in [-0.2, -0.15) is 0 Å². The first-order valence-corrected chi connectivity index (χ1v) is 7.24. The fraction of sp³-hybridized carbons (Fsp3) is 0.556. The van der Waals surface area contributed by atoms with Crippen molar-refractivity contribution in [1.82, 2.24) is 0 Å². The highest BCUT2D eigenvalue weighted by Gasteiger charge is 2.31. The first kappa shape index (κ1) is 20.0. The topological polar surface area (TPSA) is 52.6 Å². The zero-order valence-electron chi connectivity index (χ0n) is 14.2. The molecule has 0 radical (unpaired) electrons. The van der Waals surface area contributed by atoms with Gasteiger partial charge in [0.15, 0.2) is 0 Å². The van der Waals surface area contributed by atoms with E-state index in [4.69, 9.17) is 15.9 Å². The van der Waals surface area contributed by atoms with E-state index >= 15 is 0 Å². The number of esters is 2. The minimum Gasteiger partial charge on any atom is -0.465 e. The Morgan fingerprint density at radius 1 is 0.955 bits per heavy atom. The molecule has 0 aromatic carbocycles. The molecule has 4 heteroatoms. The Balaban J connectivity index is 5.35. The summed E-state index contributed by atoms with van der Waals surface area (Å²) in [5.74, 6) is 1.84. The number of rotatable bonds is 8. The van der Waals surface area contributed by atoms with Gasteiger partial charge in [-0.3, -0.25) is 9.59 Å². The molecule has 0 saturated heterocycles. The first-order chi connectivity index (χ1) is 10.2. The maximum Gasteiger partial charge on any atom is 0.302 e. The summed E-state index contributed by atoms with van der Waals surface area (Å²) in [6.45, 7) is 8.89. The molecule has 0 aliphatic rings. The van der Waals surface area contributed by atoms with Crippen LogP contribution < -0.4 is 0 Å². The lowest BCUT2D eigenvalue weighted by molar-refractivity contribution is -0.151. The molecule has 0 unspecified atom stereocenters. The lowest BCUT2D eigenvalue weighted by Gasteiger charge is -2.31. The van der Waals surface area contributed by atoms with Crippen LogP contribution in [0.25, 0.3) is 0 Å². The smallest absolute Gasteiger partial charge is 0.302 e. The number of carbonyl (C=O) groups excluding carboxylic acids is 2. The molecule has 0 aromatic heterocycles. The summed E-state index contributed by atoms with van der Waals surface area (Å²) in [7, 11) is 0. The number of hydrogen-bond donors (Lipinski definition) is 0. The zero-order chi connectivity index (χ0) is 17.2. The Labute approximate surface area is 133 Å². The summed E-state index contributed by atoms with van der Waals surface area (Å²) in [6.07, 6.45) is 10.5. The predicted molar refractivity (Wildman–Crippen MR) is 87.0 cm³/mol. The van der Waals surface area contributed by atoms with Crippen LogP contribution in [0.3, 0.4) is 0 Å². The highest BCUT2D eigenvalue weighted by Crippen LogP contribution is 2.30. The highest BCUT2D eigenvalue weighted by atomic mass is 16.5. The summed E-state index contributed by atoms with van der Waals surface area (Å²) in [5, 5.41) is 0. The number of terminal acetylenes is 1. The van der Waals surface area contributed by atoms with Gasteiger partial charge in [0, 0.05) is 19.3 Å². The summed E-state index contributed by atoms with van der Waals surface area (Å²) in [5.41, 5.74) is 1.44. The molecule has 0 fully saturated rings. The summed E-state index contributed by atoms with van der Waals surface area (Å²) >= 11 is 0. The van der Waals surface area contributed by atoms with Crippen molar-refractivity contribution in [2.75, 3.05) is 13.2 Å². The SMILES string of the molecule is C#C/C(C)=C/CC(CC=C(C)C)(COC(C)=O)COC(C)=O. The molecule has 122 valence electrons. The van der Waals surface area contributed by atoms with E-state index in [0.29, 0.717) is 12.8 Å². The van der Waals surface area contributed by atoms with E-state index in [1.165, 1.54) is 13.8 Å². The van der Waals surface area contributed by atoms with Crippen LogP contribution in [-0.2, 0) is 19.1 Å². The fourth-order valence-electron chi connectivity index (χ4n) is 1.72. The molecule has 4 nitrogen and oxygen atoms in total. The van der Waals surface area contributed by atoms with Gasteiger partial charge < -0.3 is 9.47 Å². The fourth-order valence-corrected chi connectivity index (χ4v) is 1.72. The Bertz CT molecular complexity index is 470. The molecule has 0 N–H and O–H groups in total. The van der Waals surface area contributed by atoms with Gasteiger partial charge in [-0.1, -0.05) is 23.6 Å². The normalized spacial score (nSPS) is 11.4. The van der Waals surface area contributed by atoms with Gasteiger partial charge in [0.1, 0.15) is 13.2 Å². The van der Waals surface area contributed by atoms with Gasteiger partial charge in [0.05, 0.1) is 0 Å². The number of carbonyl (C=O) groups is 2. The molecule has 0 amide bonds. The third-order valence-corrected chi connectivity index (χ3v) is 3.18. The molecule has 22 heavy (non-hydrogen) atoms. The van der Waals surface area contributed by atoms with Crippen molar-refractivity contribution in [2.45, 2.75) is 47.5 Å². The van der Waals surface area contributed by atoms with Crippen molar-refractivity contribution in [3.05, 3.63) is 23.3 Å². The van der Waals surface area contributed by atoms with Gasteiger partial charge in [0.25, 0.3) is 0 Å². The van der Waals surface area contributed by atoms with E-state index < -0.39 is 5.41 Å². The van der Waals surface area contributed by atoms with E-state index in [-0.39, 0.29) is 25.2 Å². The van der Waals surface area contributed by atoms with E-state index in [1.54, 1.807) is 0 Å². The summed E-state index contributed by atoms with van der Waals surface area (Å²) < 4.78 is 10.4. The minimum atomic E-state index is -0.507. The number of ether oxygens (including phenoxy) is 2. The molecule has 0 spiro atoms. The van der Waals surface area contributed by atoms with E-state index in [0.717, 1.165) is 11.1 Å². The van der Waals surface area contributed by atoms with Crippen LogP contribution in [0.15, 0.2) is 23.3 Å². The third-order valence-electron chi connectivity index (χ3n) is 3.18. The Morgan fingerprint density at radius 3 is 1.77 bits per heavy atom. The van der Waals surface area contributed by atoms with Crippen LogP contribution in [0.1, 0.15) is 47.5 Å². The van der Waals surface area contributed by atoms with E-state index in [2.05, 4.69) is 5.92 Å². The van der Waals surface area contributed by atoms with Crippen LogP contribution in [0.2, 0.25) is 0 Å². The van der Waals surface area contributed by atoms with Crippen molar-refractivity contribution < 1.29 is 19.1 Å². The Kier molecular flexibility index (Phi) is 8.93. The molecule has 0 aliphatic carbocycles. The molecule has 0 aliphatic heterocycles. The number of allylic oxidation sites excluding steroid dienone is 4. The first-order valence-electron chi connectivity index (χ1n) is 7.24. The van der Waals surface area contributed by atoms with Gasteiger partial charge >= 0.3 is 11.9 Å². The quantitative estimate of drug-likeness (QED) is 0.392. The second kappa shape index (κ2) is 9.83. The maximum absolute atomic E-state index is 11.2. The van der Waals surface area contributed by atoms with Crippen LogP contribution >= 0.6 is 0 Å². The van der Waals surface area contributed by atoms with Gasteiger partial charge in [-0.15, -0.1) is 6.42 Å². The molecular formula is C18H26O4. The van der Waals surface area contributed by atoms with Crippen molar-refractivity contribution in [1.29, 1.82) is 0 Å². The molecular weight excluding hydrogens is 280 g/mol. The number of hydrogen-bond acceptors (Lipinski definition) is 4.